The molecular weight excluding hydrogens is 238 g/mol. The van der Waals surface area contributed by atoms with E-state index in [4.69, 9.17) is 5.73 Å². The first-order chi connectivity index (χ1) is 8.65. The summed E-state index contributed by atoms with van der Waals surface area (Å²) < 4.78 is 0. The van der Waals surface area contributed by atoms with Crippen molar-refractivity contribution in [3.05, 3.63) is 29.3 Å². The molecule has 0 aliphatic heterocycles. The zero-order valence-corrected chi connectivity index (χ0v) is 12.4. The molecule has 1 aliphatic carbocycles. The molecule has 0 spiro atoms. The summed E-state index contributed by atoms with van der Waals surface area (Å²) in [5.41, 5.74) is 8.66. The van der Waals surface area contributed by atoms with Gasteiger partial charge in [-0.15, -0.1) is 11.8 Å². The monoisotopic (exact) mass is 263 g/mol. The second-order valence-electron chi connectivity index (χ2n) is 5.73. The Kier molecular flexibility index (Phi) is 5.13. The van der Waals surface area contributed by atoms with Gasteiger partial charge < -0.3 is 5.73 Å². The van der Waals surface area contributed by atoms with Gasteiger partial charge >= 0.3 is 0 Å². The van der Waals surface area contributed by atoms with E-state index in [1.807, 2.05) is 11.8 Å². The van der Waals surface area contributed by atoms with E-state index in [0.717, 1.165) is 12.3 Å². The minimum Gasteiger partial charge on any atom is -0.328 e. The third-order valence-electron chi connectivity index (χ3n) is 3.82. The third-order valence-corrected chi connectivity index (χ3v) is 5.04. The summed E-state index contributed by atoms with van der Waals surface area (Å²) in [6.45, 7) is 4.28. The summed E-state index contributed by atoms with van der Waals surface area (Å²) in [5.74, 6) is 2.26. The van der Waals surface area contributed by atoms with Gasteiger partial charge in [0.15, 0.2) is 0 Å². The van der Waals surface area contributed by atoms with Crippen molar-refractivity contribution >= 4 is 11.8 Å². The topological polar surface area (TPSA) is 26.0 Å². The molecule has 18 heavy (non-hydrogen) atoms. The van der Waals surface area contributed by atoms with Crippen molar-refractivity contribution in [1.29, 1.82) is 0 Å². The Morgan fingerprint density at radius 3 is 2.67 bits per heavy atom. The Labute approximate surface area is 116 Å². The summed E-state index contributed by atoms with van der Waals surface area (Å²) in [4.78, 5) is 1.42. The fourth-order valence-corrected chi connectivity index (χ4v) is 3.91. The van der Waals surface area contributed by atoms with Gasteiger partial charge in [0.2, 0.25) is 0 Å². The van der Waals surface area contributed by atoms with Gasteiger partial charge in [-0.1, -0.05) is 18.9 Å². The van der Waals surface area contributed by atoms with Crippen molar-refractivity contribution in [3.63, 3.8) is 0 Å². The molecule has 0 bridgehead atoms. The van der Waals surface area contributed by atoms with E-state index < -0.39 is 0 Å². The molecule has 0 aromatic heterocycles. The van der Waals surface area contributed by atoms with Crippen molar-refractivity contribution in [2.45, 2.75) is 56.9 Å². The average Bonchev–Trinajstić information content (AvgIpc) is 2.82. The van der Waals surface area contributed by atoms with Crippen molar-refractivity contribution in [3.8, 4) is 0 Å². The molecule has 1 aromatic carbocycles. The lowest BCUT2D eigenvalue weighted by Gasteiger charge is -2.12. The van der Waals surface area contributed by atoms with Crippen LogP contribution in [0.5, 0.6) is 0 Å². The molecule has 0 heterocycles. The highest BCUT2D eigenvalue weighted by atomic mass is 32.2. The molecule has 0 radical (unpaired) electrons. The van der Waals surface area contributed by atoms with E-state index in [1.165, 1.54) is 47.5 Å². The van der Waals surface area contributed by atoms with Crippen LogP contribution in [0.3, 0.4) is 0 Å². The van der Waals surface area contributed by atoms with Crippen LogP contribution in [0.2, 0.25) is 0 Å². The molecule has 1 saturated carbocycles. The van der Waals surface area contributed by atoms with Gasteiger partial charge in [0, 0.05) is 16.7 Å². The van der Waals surface area contributed by atoms with Crippen molar-refractivity contribution in [2.24, 2.45) is 11.7 Å². The molecule has 2 N–H and O–H groups in total. The standard InChI is InChI=1S/C16H25NS/c1-12-9-16(8-7-15(12)10-13(2)17)18-11-14-5-3-4-6-14/h7-9,13-14H,3-6,10-11,17H2,1-2H3. The van der Waals surface area contributed by atoms with Gasteiger partial charge in [0.05, 0.1) is 0 Å². The maximum Gasteiger partial charge on any atom is 0.00748 e. The Hall–Kier alpha value is -0.470. The number of benzene rings is 1. The van der Waals surface area contributed by atoms with E-state index in [0.29, 0.717) is 0 Å². The third kappa shape index (κ3) is 4.03. The molecule has 1 fully saturated rings. The highest BCUT2D eigenvalue weighted by Crippen LogP contribution is 2.31. The lowest BCUT2D eigenvalue weighted by atomic mass is 10.0. The second-order valence-corrected chi connectivity index (χ2v) is 6.82. The van der Waals surface area contributed by atoms with Crippen molar-refractivity contribution < 1.29 is 0 Å². The molecule has 1 aromatic rings. The highest BCUT2D eigenvalue weighted by molar-refractivity contribution is 7.99. The van der Waals surface area contributed by atoms with Crippen LogP contribution in [0.4, 0.5) is 0 Å². The van der Waals surface area contributed by atoms with Crippen molar-refractivity contribution in [1.82, 2.24) is 0 Å². The van der Waals surface area contributed by atoms with E-state index in [9.17, 15) is 0 Å². The molecule has 0 amide bonds. The number of thioether (sulfide) groups is 1. The lowest BCUT2D eigenvalue weighted by Crippen LogP contribution is -2.18. The Morgan fingerprint density at radius 1 is 1.33 bits per heavy atom. The van der Waals surface area contributed by atoms with E-state index in [2.05, 4.69) is 32.0 Å². The van der Waals surface area contributed by atoms with Gasteiger partial charge in [0.1, 0.15) is 0 Å². The normalized spacial score (nSPS) is 18.2. The second kappa shape index (κ2) is 6.63. The molecule has 2 heteroatoms. The number of nitrogens with two attached hydrogens (primary N) is 1. The minimum absolute atomic E-state index is 0.251. The average molecular weight is 263 g/mol. The number of rotatable bonds is 5. The summed E-state index contributed by atoms with van der Waals surface area (Å²) in [6, 6.07) is 7.11. The quantitative estimate of drug-likeness (QED) is 0.807. The van der Waals surface area contributed by atoms with Crippen LogP contribution in [0.1, 0.15) is 43.7 Å². The number of aryl methyl sites for hydroxylation is 1. The maximum absolute atomic E-state index is 5.87. The van der Waals surface area contributed by atoms with E-state index >= 15 is 0 Å². The molecule has 100 valence electrons. The van der Waals surface area contributed by atoms with Crippen LogP contribution in [0, 0.1) is 12.8 Å². The molecule has 0 saturated heterocycles. The zero-order valence-electron chi connectivity index (χ0n) is 11.6. The summed E-state index contributed by atoms with van der Waals surface area (Å²) in [6.07, 6.45) is 6.75. The first-order valence-corrected chi connectivity index (χ1v) is 8.11. The molecule has 1 unspecified atom stereocenters. The molecule has 1 nitrogen and oxygen atoms in total. The molecule has 1 atom stereocenters. The van der Waals surface area contributed by atoms with E-state index in [-0.39, 0.29) is 6.04 Å². The fraction of sp³-hybridized carbons (Fsp3) is 0.625. The van der Waals surface area contributed by atoms with Crippen molar-refractivity contribution in [2.75, 3.05) is 5.75 Å². The Morgan fingerprint density at radius 2 is 2.06 bits per heavy atom. The Bertz CT molecular complexity index is 381. The van der Waals surface area contributed by atoms with E-state index in [1.54, 1.807) is 0 Å². The van der Waals surface area contributed by atoms with Gasteiger partial charge in [0.25, 0.3) is 0 Å². The smallest absolute Gasteiger partial charge is 0.00748 e. The summed E-state index contributed by atoms with van der Waals surface area (Å²) >= 11 is 2.03. The first kappa shape index (κ1) is 14.0. The number of hydrogen-bond donors (Lipinski definition) is 1. The van der Waals surface area contributed by atoms with Crippen LogP contribution in [0.15, 0.2) is 23.1 Å². The number of hydrogen-bond acceptors (Lipinski definition) is 2. The lowest BCUT2D eigenvalue weighted by molar-refractivity contribution is 0.623. The molecule has 1 aliphatic rings. The minimum atomic E-state index is 0.251. The zero-order chi connectivity index (χ0) is 13.0. The summed E-state index contributed by atoms with van der Waals surface area (Å²) in [7, 11) is 0. The van der Waals surface area contributed by atoms with Crippen LogP contribution < -0.4 is 5.73 Å². The largest absolute Gasteiger partial charge is 0.328 e. The SMILES string of the molecule is Cc1cc(SCC2CCCC2)ccc1CC(C)N. The van der Waals surface area contributed by atoms with Crippen LogP contribution in [-0.2, 0) is 6.42 Å². The van der Waals surface area contributed by atoms with Crippen LogP contribution in [-0.4, -0.2) is 11.8 Å². The van der Waals surface area contributed by atoms with Gasteiger partial charge in [-0.3, -0.25) is 0 Å². The predicted molar refractivity (Wildman–Crippen MR) is 81.2 cm³/mol. The first-order valence-electron chi connectivity index (χ1n) is 7.13. The highest BCUT2D eigenvalue weighted by Gasteiger charge is 2.15. The van der Waals surface area contributed by atoms with Crippen LogP contribution in [0.25, 0.3) is 0 Å². The summed E-state index contributed by atoms with van der Waals surface area (Å²) in [5, 5.41) is 0. The van der Waals surface area contributed by atoms with Gasteiger partial charge in [-0.05, 0) is 62.3 Å². The Balaban J connectivity index is 1.91. The molecule has 2 rings (SSSR count). The van der Waals surface area contributed by atoms with Gasteiger partial charge in [-0.2, -0.15) is 0 Å². The molecular formula is C16H25NS. The fourth-order valence-electron chi connectivity index (χ4n) is 2.73. The van der Waals surface area contributed by atoms with Crippen LogP contribution >= 0.6 is 11.8 Å². The maximum atomic E-state index is 5.87. The predicted octanol–water partition coefficient (Wildman–Crippen LogP) is 4.17. The van der Waals surface area contributed by atoms with Gasteiger partial charge in [-0.25, -0.2) is 0 Å².